The van der Waals surface area contributed by atoms with Crippen molar-refractivity contribution >= 4 is 5.97 Å². The Balaban J connectivity index is 2.86. The van der Waals surface area contributed by atoms with Gasteiger partial charge in [-0.1, -0.05) is 13.0 Å². The molecule has 0 saturated heterocycles. The summed E-state index contributed by atoms with van der Waals surface area (Å²) in [5.41, 5.74) is -0.100. The smallest absolute Gasteiger partial charge is 0.336 e. The number of carboxylic acid groups (broad SMARTS) is 1. The first-order valence-electron chi connectivity index (χ1n) is 5.55. The zero-order valence-corrected chi connectivity index (χ0v) is 10.4. The van der Waals surface area contributed by atoms with E-state index in [0.717, 1.165) is 0 Å². The third-order valence-electron chi connectivity index (χ3n) is 2.81. The zero-order valence-electron chi connectivity index (χ0n) is 10.4. The fourth-order valence-corrected chi connectivity index (χ4v) is 1.34. The average molecular weight is 238 g/mol. The molecule has 1 aromatic rings. The van der Waals surface area contributed by atoms with Gasteiger partial charge in [0.15, 0.2) is 0 Å². The Hall–Kier alpha value is -1.55. The summed E-state index contributed by atoms with van der Waals surface area (Å²) in [6, 6.07) is 4.86. The lowest BCUT2D eigenvalue weighted by Gasteiger charge is -2.22. The highest BCUT2D eigenvalue weighted by Gasteiger charge is 2.19. The van der Waals surface area contributed by atoms with E-state index in [-0.39, 0.29) is 12.2 Å². The first-order chi connectivity index (χ1) is 7.87. The standard InChI is InChI=1S/C13H18O4/c1-4-13(3,16)8-17-11-7-5-6-10(9(11)2)12(14)15/h5-7,16H,4,8H2,1-3H3,(H,14,15). The van der Waals surface area contributed by atoms with Gasteiger partial charge in [-0.3, -0.25) is 0 Å². The summed E-state index contributed by atoms with van der Waals surface area (Å²) in [6.07, 6.45) is 0.574. The van der Waals surface area contributed by atoms with E-state index in [9.17, 15) is 9.90 Å². The third-order valence-corrected chi connectivity index (χ3v) is 2.81. The van der Waals surface area contributed by atoms with E-state index in [1.807, 2.05) is 6.92 Å². The Morgan fingerprint density at radius 1 is 1.47 bits per heavy atom. The van der Waals surface area contributed by atoms with Gasteiger partial charge in [0.05, 0.1) is 11.2 Å². The number of carboxylic acids is 1. The van der Waals surface area contributed by atoms with E-state index in [2.05, 4.69) is 0 Å². The summed E-state index contributed by atoms with van der Waals surface area (Å²) < 4.78 is 5.47. The van der Waals surface area contributed by atoms with Crippen molar-refractivity contribution in [2.45, 2.75) is 32.8 Å². The van der Waals surface area contributed by atoms with E-state index in [0.29, 0.717) is 17.7 Å². The van der Waals surface area contributed by atoms with Gasteiger partial charge in [0.1, 0.15) is 12.4 Å². The normalized spacial score (nSPS) is 14.1. The quantitative estimate of drug-likeness (QED) is 0.825. The molecule has 17 heavy (non-hydrogen) atoms. The lowest BCUT2D eigenvalue weighted by Crippen LogP contribution is -2.31. The molecule has 0 saturated carbocycles. The molecule has 4 nitrogen and oxygen atoms in total. The predicted molar refractivity (Wildman–Crippen MR) is 64.5 cm³/mol. The molecule has 0 aliphatic rings. The number of ether oxygens (including phenoxy) is 1. The third kappa shape index (κ3) is 3.46. The Labute approximate surface area is 101 Å². The van der Waals surface area contributed by atoms with Crippen LogP contribution in [0.2, 0.25) is 0 Å². The molecule has 1 atom stereocenters. The summed E-state index contributed by atoms with van der Waals surface area (Å²) in [7, 11) is 0. The van der Waals surface area contributed by atoms with Gasteiger partial charge in [-0.05, 0) is 32.4 Å². The fraction of sp³-hybridized carbons (Fsp3) is 0.462. The highest BCUT2D eigenvalue weighted by molar-refractivity contribution is 5.90. The molecular formula is C13H18O4. The Kier molecular flexibility index (Phi) is 4.12. The van der Waals surface area contributed by atoms with E-state index in [4.69, 9.17) is 9.84 Å². The molecular weight excluding hydrogens is 220 g/mol. The van der Waals surface area contributed by atoms with Crippen LogP contribution >= 0.6 is 0 Å². The SMILES string of the molecule is CCC(C)(O)COc1cccc(C(=O)O)c1C. The zero-order chi connectivity index (χ0) is 13.1. The number of rotatable bonds is 5. The molecule has 0 aliphatic carbocycles. The van der Waals surface area contributed by atoms with Crippen LogP contribution in [0.15, 0.2) is 18.2 Å². The summed E-state index contributed by atoms with van der Waals surface area (Å²) in [4.78, 5) is 10.9. The van der Waals surface area contributed by atoms with Gasteiger partial charge < -0.3 is 14.9 Å². The molecule has 2 N–H and O–H groups in total. The Bertz CT molecular complexity index is 410. The summed E-state index contributed by atoms with van der Waals surface area (Å²) in [5, 5.41) is 18.8. The number of aromatic carboxylic acids is 1. The molecule has 0 heterocycles. The Morgan fingerprint density at radius 2 is 2.12 bits per heavy atom. The largest absolute Gasteiger partial charge is 0.490 e. The van der Waals surface area contributed by atoms with Gasteiger partial charge >= 0.3 is 5.97 Å². The van der Waals surface area contributed by atoms with Crippen molar-refractivity contribution in [3.8, 4) is 5.75 Å². The molecule has 0 amide bonds. The lowest BCUT2D eigenvalue weighted by atomic mass is 10.1. The highest BCUT2D eigenvalue weighted by atomic mass is 16.5. The predicted octanol–water partition coefficient (Wildman–Crippen LogP) is 2.23. The minimum atomic E-state index is -0.977. The van der Waals surface area contributed by atoms with E-state index >= 15 is 0 Å². The van der Waals surface area contributed by atoms with Crippen LogP contribution in [-0.4, -0.2) is 28.4 Å². The molecule has 0 spiro atoms. The maximum Gasteiger partial charge on any atom is 0.336 e. The van der Waals surface area contributed by atoms with Crippen molar-refractivity contribution in [2.24, 2.45) is 0 Å². The van der Waals surface area contributed by atoms with Crippen molar-refractivity contribution < 1.29 is 19.7 Å². The summed E-state index contributed by atoms with van der Waals surface area (Å²) in [6.45, 7) is 5.39. The number of aliphatic hydroxyl groups is 1. The van der Waals surface area contributed by atoms with Crippen LogP contribution in [0.4, 0.5) is 0 Å². The maximum absolute atomic E-state index is 10.9. The second-order valence-electron chi connectivity index (χ2n) is 4.37. The molecule has 1 unspecified atom stereocenters. The van der Waals surface area contributed by atoms with Crippen molar-refractivity contribution in [3.05, 3.63) is 29.3 Å². The van der Waals surface area contributed by atoms with Gasteiger partial charge in [-0.2, -0.15) is 0 Å². The molecule has 0 radical (unpaired) electrons. The van der Waals surface area contributed by atoms with Crippen molar-refractivity contribution in [1.82, 2.24) is 0 Å². The number of hydrogen-bond acceptors (Lipinski definition) is 3. The van der Waals surface area contributed by atoms with Crippen molar-refractivity contribution in [1.29, 1.82) is 0 Å². The van der Waals surface area contributed by atoms with Gasteiger partial charge in [0.25, 0.3) is 0 Å². The maximum atomic E-state index is 10.9. The molecule has 1 rings (SSSR count). The molecule has 1 aromatic carbocycles. The molecule has 0 fully saturated rings. The van der Waals surface area contributed by atoms with E-state index in [1.54, 1.807) is 26.0 Å². The first kappa shape index (κ1) is 13.5. The minimum absolute atomic E-state index is 0.146. The van der Waals surface area contributed by atoms with Crippen LogP contribution in [0, 0.1) is 6.92 Å². The number of hydrogen-bond donors (Lipinski definition) is 2. The minimum Gasteiger partial charge on any atom is -0.490 e. The van der Waals surface area contributed by atoms with Crippen LogP contribution in [0.1, 0.15) is 36.2 Å². The van der Waals surface area contributed by atoms with E-state index < -0.39 is 11.6 Å². The van der Waals surface area contributed by atoms with Gasteiger partial charge in [-0.15, -0.1) is 0 Å². The fourth-order valence-electron chi connectivity index (χ4n) is 1.34. The first-order valence-corrected chi connectivity index (χ1v) is 5.55. The summed E-state index contributed by atoms with van der Waals surface area (Å²) in [5.74, 6) is -0.478. The molecule has 0 bridgehead atoms. The number of benzene rings is 1. The highest BCUT2D eigenvalue weighted by Crippen LogP contribution is 2.23. The second kappa shape index (κ2) is 5.19. The van der Waals surface area contributed by atoms with Crippen LogP contribution in [-0.2, 0) is 0 Å². The van der Waals surface area contributed by atoms with Gasteiger partial charge in [0, 0.05) is 5.56 Å². The van der Waals surface area contributed by atoms with Gasteiger partial charge in [0.2, 0.25) is 0 Å². The average Bonchev–Trinajstić information content (AvgIpc) is 2.27. The van der Waals surface area contributed by atoms with E-state index in [1.165, 1.54) is 6.07 Å². The summed E-state index contributed by atoms with van der Waals surface area (Å²) >= 11 is 0. The molecule has 4 heteroatoms. The van der Waals surface area contributed by atoms with Crippen molar-refractivity contribution in [3.63, 3.8) is 0 Å². The van der Waals surface area contributed by atoms with Crippen LogP contribution < -0.4 is 4.74 Å². The number of carbonyl (C=O) groups is 1. The second-order valence-corrected chi connectivity index (χ2v) is 4.37. The van der Waals surface area contributed by atoms with Crippen LogP contribution in [0.5, 0.6) is 5.75 Å². The lowest BCUT2D eigenvalue weighted by molar-refractivity contribution is 0.00825. The van der Waals surface area contributed by atoms with Crippen LogP contribution in [0.3, 0.4) is 0 Å². The molecule has 94 valence electrons. The molecule has 0 aromatic heterocycles. The molecule has 0 aliphatic heterocycles. The van der Waals surface area contributed by atoms with Gasteiger partial charge in [-0.25, -0.2) is 4.79 Å². The van der Waals surface area contributed by atoms with Crippen molar-refractivity contribution in [2.75, 3.05) is 6.61 Å². The topological polar surface area (TPSA) is 66.8 Å². The van der Waals surface area contributed by atoms with Crippen LogP contribution in [0.25, 0.3) is 0 Å². The Morgan fingerprint density at radius 3 is 2.65 bits per heavy atom. The monoisotopic (exact) mass is 238 g/mol.